The van der Waals surface area contributed by atoms with Crippen molar-refractivity contribution in [3.8, 4) is 5.75 Å². The van der Waals surface area contributed by atoms with Crippen LogP contribution in [0, 0.1) is 0 Å². The number of ether oxygens (including phenoxy) is 1. The first kappa shape index (κ1) is 19.2. The fraction of sp³-hybridized carbons (Fsp3) is 0.130. The highest BCUT2D eigenvalue weighted by molar-refractivity contribution is 5.96. The molecule has 0 radical (unpaired) electrons. The van der Waals surface area contributed by atoms with Crippen LogP contribution in [0.3, 0.4) is 0 Å². The van der Waals surface area contributed by atoms with E-state index in [0.29, 0.717) is 18.7 Å². The van der Waals surface area contributed by atoms with Gasteiger partial charge in [-0.2, -0.15) is 0 Å². The number of hydrogen-bond acceptors (Lipinski definition) is 3. The van der Waals surface area contributed by atoms with Crippen molar-refractivity contribution in [1.82, 2.24) is 10.6 Å². The van der Waals surface area contributed by atoms with Crippen LogP contribution in [0.4, 0.5) is 0 Å². The predicted octanol–water partition coefficient (Wildman–Crippen LogP) is 3.31. The van der Waals surface area contributed by atoms with Gasteiger partial charge in [0.25, 0.3) is 5.91 Å². The lowest BCUT2D eigenvalue weighted by Gasteiger charge is -2.09. The monoisotopic (exact) mass is 374 g/mol. The molecule has 142 valence electrons. The van der Waals surface area contributed by atoms with Crippen LogP contribution in [0.1, 0.15) is 21.5 Å². The number of carbonyl (C=O) groups excluding carboxylic acids is 2. The zero-order valence-corrected chi connectivity index (χ0v) is 15.4. The van der Waals surface area contributed by atoms with Crippen LogP contribution in [0.5, 0.6) is 5.75 Å². The second kappa shape index (κ2) is 9.92. The Morgan fingerprint density at radius 3 is 2.04 bits per heavy atom. The van der Waals surface area contributed by atoms with E-state index in [1.807, 2.05) is 60.7 Å². The highest BCUT2D eigenvalue weighted by Gasteiger charge is 2.07. The van der Waals surface area contributed by atoms with Crippen molar-refractivity contribution in [1.29, 1.82) is 0 Å². The zero-order chi connectivity index (χ0) is 19.6. The summed E-state index contributed by atoms with van der Waals surface area (Å²) in [5.41, 5.74) is 2.59. The van der Waals surface area contributed by atoms with Crippen LogP contribution in [-0.2, 0) is 17.9 Å². The highest BCUT2D eigenvalue weighted by Crippen LogP contribution is 2.14. The summed E-state index contributed by atoms with van der Waals surface area (Å²) in [6.07, 6.45) is 0. The average Bonchev–Trinajstić information content (AvgIpc) is 2.76. The van der Waals surface area contributed by atoms with E-state index in [1.165, 1.54) is 0 Å². The fourth-order valence-corrected chi connectivity index (χ4v) is 2.56. The molecule has 0 aliphatic heterocycles. The molecule has 0 aromatic heterocycles. The first-order valence-electron chi connectivity index (χ1n) is 9.06. The molecule has 2 N–H and O–H groups in total. The van der Waals surface area contributed by atoms with E-state index < -0.39 is 0 Å². The summed E-state index contributed by atoms with van der Waals surface area (Å²) in [6.45, 7) is 0.836. The summed E-state index contributed by atoms with van der Waals surface area (Å²) in [5.74, 6) is 0.262. The van der Waals surface area contributed by atoms with Gasteiger partial charge in [0.2, 0.25) is 5.91 Å². The topological polar surface area (TPSA) is 67.4 Å². The Balaban J connectivity index is 1.39. The van der Waals surface area contributed by atoms with Gasteiger partial charge in [-0.25, -0.2) is 0 Å². The van der Waals surface area contributed by atoms with Gasteiger partial charge in [-0.15, -0.1) is 0 Å². The molecule has 28 heavy (non-hydrogen) atoms. The average molecular weight is 374 g/mol. The van der Waals surface area contributed by atoms with Crippen molar-refractivity contribution in [2.24, 2.45) is 0 Å². The molecule has 0 aliphatic rings. The predicted molar refractivity (Wildman–Crippen MR) is 108 cm³/mol. The molecule has 0 saturated carbocycles. The van der Waals surface area contributed by atoms with Gasteiger partial charge in [-0.1, -0.05) is 60.7 Å². The Kier molecular flexibility index (Phi) is 6.79. The van der Waals surface area contributed by atoms with E-state index >= 15 is 0 Å². The maximum absolute atomic E-state index is 11.9. The van der Waals surface area contributed by atoms with Gasteiger partial charge < -0.3 is 15.4 Å². The molecule has 3 aromatic rings. The highest BCUT2D eigenvalue weighted by atomic mass is 16.5. The Morgan fingerprint density at radius 1 is 0.714 bits per heavy atom. The third-order valence-electron chi connectivity index (χ3n) is 4.11. The summed E-state index contributed by atoms with van der Waals surface area (Å²) < 4.78 is 5.74. The molecule has 0 heterocycles. The molecule has 3 aromatic carbocycles. The number of amides is 2. The minimum atomic E-state index is -0.268. The summed E-state index contributed by atoms with van der Waals surface area (Å²) in [4.78, 5) is 23.8. The van der Waals surface area contributed by atoms with Gasteiger partial charge in [0, 0.05) is 12.1 Å². The molecule has 0 unspecified atom stereocenters. The molecule has 2 amide bonds. The van der Waals surface area contributed by atoms with E-state index in [-0.39, 0.29) is 18.4 Å². The van der Waals surface area contributed by atoms with E-state index in [2.05, 4.69) is 10.6 Å². The summed E-state index contributed by atoms with van der Waals surface area (Å²) in [5, 5.41) is 5.39. The van der Waals surface area contributed by atoms with Crippen molar-refractivity contribution in [3.63, 3.8) is 0 Å². The minimum absolute atomic E-state index is 0.0635. The lowest BCUT2D eigenvalue weighted by Crippen LogP contribution is -2.36. The Bertz CT molecular complexity index is 894. The zero-order valence-electron chi connectivity index (χ0n) is 15.4. The molecular weight excluding hydrogens is 352 g/mol. The quantitative estimate of drug-likeness (QED) is 0.636. The van der Waals surface area contributed by atoms with Crippen LogP contribution >= 0.6 is 0 Å². The molecule has 3 rings (SSSR count). The van der Waals surface area contributed by atoms with Gasteiger partial charge in [-0.05, 0) is 35.4 Å². The second-order valence-corrected chi connectivity index (χ2v) is 6.24. The molecule has 5 nitrogen and oxygen atoms in total. The molecule has 0 aliphatic carbocycles. The molecule has 5 heteroatoms. The molecule has 0 fully saturated rings. The number of benzene rings is 3. The van der Waals surface area contributed by atoms with Crippen molar-refractivity contribution in [2.45, 2.75) is 13.2 Å². The van der Waals surface area contributed by atoms with Crippen LogP contribution in [0.2, 0.25) is 0 Å². The van der Waals surface area contributed by atoms with Crippen molar-refractivity contribution < 1.29 is 14.3 Å². The lowest BCUT2D eigenvalue weighted by molar-refractivity contribution is -0.120. The van der Waals surface area contributed by atoms with Crippen molar-refractivity contribution in [2.75, 3.05) is 6.54 Å². The Morgan fingerprint density at radius 2 is 1.36 bits per heavy atom. The lowest BCUT2D eigenvalue weighted by atomic mass is 10.2. The Labute approximate surface area is 164 Å². The van der Waals surface area contributed by atoms with E-state index in [9.17, 15) is 9.59 Å². The Hall–Kier alpha value is -3.60. The van der Waals surface area contributed by atoms with Gasteiger partial charge in [-0.3, -0.25) is 9.59 Å². The number of hydrogen-bond donors (Lipinski definition) is 2. The van der Waals surface area contributed by atoms with E-state index in [0.717, 1.165) is 16.9 Å². The van der Waals surface area contributed by atoms with Gasteiger partial charge in [0.1, 0.15) is 12.4 Å². The van der Waals surface area contributed by atoms with E-state index in [4.69, 9.17) is 4.74 Å². The molecule has 0 saturated heterocycles. The van der Waals surface area contributed by atoms with Crippen molar-refractivity contribution in [3.05, 3.63) is 102 Å². The van der Waals surface area contributed by atoms with Gasteiger partial charge in [0.05, 0.1) is 6.54 Å². The summed E-state index contributed by atoms with van der Waals surface area (Å²) >= 11 is 0. The maximum atomic E-state index is 11.9. The largest absolute Gasteiger partial charge is 0.489 e. The van der Waals surface area contributed by atoms with Crippen LogP contribution in [0.15, 0.2) is 84.9 Å². The fourth-order valence-electron chi connectivity index (χ4n) is 2.56. The molecule has 0 bridgehead atoms. The smallest absolute Gasteiger partial charge is 0.251 e. The molecule has 0 atom stereocenters. The second-order valence-electron chi connectivity index (χ2n) is 6.24. The van der Waals surface area contributed by atoms with Crippen LogP contribution < -0.4 is 15.4 Å². The normalized spacial score (nSPS) is 10.1. The summed E-state index contributed by atoms with van der Waals surface area (Å²) in [7, 11) is 0. The molecular formula is C23H22N2O3. The SMILES string of the molecule is O=C(CNC(=O)c1ccccc1)NCc1ccc(OCc2ccccc2)cc1. The standard InChI is InChI=1S/C23H22N2O3/c26-22(16-25-23(27)20-9-5-2-6-10-20)24-15-18-11-13-21(14-12-18)28-17-19-7-3-1-4-8-19/h1-14H,15-17H2,(H,24,26)(H,25,27). The van der Waals surface area contributed by atoms with Gasteiger partial charge >= 0.3 is 0 Å². The first-order valence-corrected chi connectivity index (χ1v) is 9.06. The van der Waals surface area contributed by atoms with Crippen LogP contribution in [0.25, 0.3) is 0 Å². The summed E-state index contributed by atoms with van der Waals surface area (Å²) in [6, 6.07) is 26.3. The number of nitrogens with one attached hydrogen (secondary N) is 2. The van der Waals surface area contributed by atoms with E-state index in [1.54, 1.807) is 24.3 Å². The third-order valence-corrected chi connectivity index (χ3v) is 4.11. The third kappa shape index (κ3) is 5.99. The minimum Gasteiger partial charge on any atom is -0.489 e. The number of carbonyl (C=O) groups is 2. The number of rotatable bonds is 8. The molecule has 0 spiro atoms. The first-order chi connectivity index (χ1) is 13.7. The van der Waals surface area contributed by atoms with Gasteiger partial charge in [0.15, 0.2) is 0 Å². The maximum Gasteiger partial charge on any atom is 0.251 e. The van der Waals surface area contributed by atoms with Crippen LogP contribution in [-0.4, -0.2) is 18.4 Å². The van der Waals surface area contributed by atoms with Crippen molar-refractivity contribution >= 4 is 11.8 Å².